The molecule has 1 atom stereocenters. The second-order valence-corrected chi connectivity index (χ2v) is 10.3. The van der Waals surface area contributed by atoms with Gasteiger partial charge in [-0.25, -0.2) is 15.0 Å². The molecule has 2 aromatic carbocycles. The molecule has 9 nitrogen and oxygen atoms in total. The van der Waals surface area contributed by atoms with Gasteiger partial charge in [0.25, 0.3) is 0 Å². The molecule has 0 radical (unpaired) electrons. The SMILES string of the molecule is C.CC.COc1c(Nc2cc(Cl)nc3c2nc(COCc2ccccc2)n3PI)cccc1-c1ncn(C)n1. The van der Waals surface area contributed by atoms with E-state index in [0.717, 1.165) is 22.6 Å². The lowest BCUT2D eigenvalue weighted by atomic mass is 10.1. The number of aromatic nitrogens is 6. The third-order valence-corrected chi connectivity index (χ3v) is 7.69. The zero-order valence-corrected chi connectivity index (χ0v) is 25.4. The maximum atomic E-state index is 6.44. The molecule has 0 spiro atoms. The molecule has 206 valence electrons. The Morgan fingerprint density at radius 1 is 1.03 bits per heavy atom. The first kappa shape index (κ1) is 30.7. The van der Waals surface area contributed by atoms with E-state index in [9.17, 15) is 0 Å². The number of aryl methyl sites for hydroxylation is 1. The number of pyridine rings is 1. The van der Waals surface area contributed by atoms with E-state index in [-0.39, 0.29) is 7.43 Å². The van der Waals surface area contributed by atoms with Crippen molar-refractivity contribution in [2.45, 2.75) is 34.5 Å². The number of hydrogen-bond donors (Lipinski definition) is 1. The molecule has 0 saturated heterocycles. The highest BCUT2D eigenvalue weighted by molar-refractivity contribution is 14.2. The van der Waals surface area contributed by atoms with Crippen LogP contribution < -0.4 is 10.1 Å². The first-order chi connectivity index (χ1) is 18.6. The molecule has 0 aliphatic heterocycles. The Labute approximate surface area is 248 Å². The number of imidazole rings is 1. The Morgan fingerprint density at radius 3 is 2.46 bits per heavy atom. The van der Waals surface area contributed by atoms with Crippen LogP contribution in [0.5, 0.6) is 5.75 Å². The molecule has 0 bridgehead atoms. The predicted molar refractivity (Wildman–Crippen MR) is 170 cm³/mol. The second-order valence-electron chi connectivity index (χ2n) is 7.84. The first-order valence-electron chi connectivity index (χ1n) is 11.9. The third-order valence-electron chi connectivity index (χ3n) is 5.41. The molecule has 0 aliphatic carbocycles. The van der Waals surface area contributed by atoms with Crippen molar-refractivity contribution >= 4 is 62.6 Å². The number of para-hydroxylation sites is 1. The van der Waals surface area contributed by atoms with E-state index in [4.69, 9.17) is 26.1 Å². The fourth-order valence-corrected chi connectivity index (χ4v) is 5.97. The zero-order valence-electron chi connectivity index (χ0n) is 21.4. The van der Waals surface area contributed by atoms with Crippen LogP contribution in [-0.4, -0.2) is 36.2 Å². The first-order valence-corrected chi connectivity index (χ1v) is 16.4. The minimum absolute atomic E-state index is 0. The fourth-order valence-electron chi connectivity index (χ4n) is 3.82. The molecule has 0 aliphatic rings. The highest BCUT2D eigenvalue weighted by Crippen LogP contribution is 2.39. The summed E-state index contributed by atoms with van der Waals surface area (Å²) in [5.74, 6) is 1.97. The molecule has 3 aromatic heterocycles. The van der Waals surface area contributed by atoms with Crippen LogP contribution in [0.15, 0.2) is 60.9 Å². The number of methoxy groups -OCH3 is 1. The average Bonchev–Trinajstić information content (AvgIpc) is 3.53. The maximum absolute atomic E-state index is 6.44. The van der Waals surface area contributed by atoms with Crippen LogP contribution in [0.2, 0.25) is 5.15 Å². The van der Waals surface area contributed by atoms with E-state index in [1.807, 2.05) is 73.8 Å². The monoisotopic (exact) mass is 679 g/mol. The quantitative estimate of drug-likeness (QED) is 0.0966. The smallest absolute Gasteiger partial charge is 0.184 e. The molecular weight excluding hydrogens is 648 g/mol. The summed E-state index contributed by atoms with van der Waals surface area (Å²) in [4.78, 5) is 13.8. The van der Waals surface area contributed by atoms with Gasteiger partial charge in [-0.3, -0.25) is 9.02 Å². The summed E-state index contributed by atoms with van der Waals surface area (Å²) in [7, 11) is 3.45. The van der Waals surface area contributed by atoms with Gasteiger partial charge in [0.2, 0.25) is 0 Å². The van der Waals surface area contributed by atoms with Crippen LogP contribution in [0.4, 0.5) is 11.4 Å². The molecule has 39 heavy (non-hydrogen) atoms. The summed E-state index contributed by atoms with van der Waals surface area (Å²) in [6.45, 7) is 4.85. The van der Waals surface area contributed by atoms with Crippen molar-refractivity contribution in [3.05, 3.63) is 77.5 Å². The summed E-state index contributed by atoms with van der Waals surface area (Å²) in [5.41, 5.74) is 4.72. The van der Waals surface area contributed by atoms with Crippen LogP contribution >= 0.6 is 40.0 Å². The zero-order chi connectivity index (χ0) is 27.1. The predicted octanol–water partition coefficient (Wildman–Crippen LogP) is 7.80. The summed E-state index contributed by atoms with van der Waals surface area (Å²) < 4.78 is 15.4. The topological polar surface area (TPSA) is 91.9 Å². The number of fused-ring (bicyclic) bond motifs is 1. The highest BCUT2D eigenvalue weighted by Gasteiger charge is 2.19. The summed E-state index contributed by atoms with van der Waals surface area (Å²) >= 11 is 8.75. The Morgan fingerprint density at radius 2 is 1.79 bits per heavy atom. The summed E-state index contributed by atoms with van der Waals surface area (Å²) in [5, 5.41) is 8.22. The van der Waals surface area contributed by atoms with Crippen LogP contribution in [-0.2, 0) is 25.0 Å². The van der Waals surface area contributed by atoms with Gasteiger partial charge in [-0.2, -0.15) is 5.10 Å². The number of benzene rings is 2. The van der Waals surface area contributed by atoms with Crippen molar-refractivity contribution in [1.29, 1.82) is 0 Å². The molecule has 0 fully saturated rings. The van der Waals surface area contributed by atoms with E-state index in [1.54, 1.807) is 24.2 Å². The maximum Gasteiger partial charge on any atom is 0.184 e. The van der Waals surface area contributed by atoms with Crippen LogP contribution in [0, 0.1) is 0 Å². The van der Waals surface area contributed by atoms with Gasteiger partial charge in [0.05, 0.1) is 37.0 Å². The van der Waals surface area contributed by atoms with Gasteiger partial charge < -0.3 is 14.8 Å². The van der Waals surface area contributed by atoms with Crippen LogP contribution in [0.25, 0.3) is 22.6 Å². The number of halogens is 2. The molecule has 5 rings (SSSR count). The van der Waals surface area contributed by atoms with Crippen molar-refractivity contribution in [1.82, 2.24) is 29.1 Å². The molecule has 12 heteroatoms. The molecule has 0 saturated carbocycles. The van der Waals surface area contributed by atoms with E-state index in [0.29, 0.717) is 53.2 Å². The van der Waals surface area contributed by atoms with E-state index in [2.05, 4.69) is 42.4 Å². The summed E-state index contributed by atoms with van der Waals surface area (Å²) in [6.07, 6.45) is 2.03. The van der Waals surface area contributed by atoms with Gasteiger partial charge in [0.1, 0.15) is 29.4 Å². The fraction of sp³-hybridized carbons (Fsp3) is 0.259. The Kier molecular flexibility index (Phi) is 11.5. The highest BCUT2D eigenvalue weighted by atomic mass is 127. The molecule has 5 aromatic rings. The Balaban J connectivity index is 0.00000137. The lowest BCUT2D eigenvalue weighted by Crippen LogP contribution is -1.99. The van der Waals surface area contributed by atoms with Crippen molar-refractivity contribution in [2.75, 3.05) is 12.4 Å². The molecular formula is C27H32ClIN7O2P. The lowest BCUT2D eigenvalue weighted by Gasteiger charge is -2.14. The second kappa shape index (κ2) is 14.6. The number of nitrogens with one attached hydrogen (secondary N) is 1. The molecule has 0 amide bonds. The van der Waals surface area contributed by atoms with Gasteiger partial charge in [0.15, 0.2) is 17.2 Å². The van der Waals surface area contributed by atoms with Gasteiger partial charge >= 0.3 is 0 Å². The van der Waals surface area contributed by atoms with Crippen molar-refractivity contribution in [3.8, 4) is 17.1 Å². The third kappa shape index (κ3) is 7.05. The number of ether oxygens (including phenoxy) is 2. The van der Waals surface area contributed by atoms with Gasteiger partial charge in [-0.15, -0.1) is 0 Å². The average molecular weight is 680 g/mol. The van der Waals surface area contributed by atoms with Crippen LogP contribution in [0.3, 0.4) is 0 Å². The molecule has 1 unspecified atom stereocenters. The van der Waals surface area contributed by atoms with E-state index >= 15 is 0 Å². The Hall–Kier alpha value is -2.79. The standard InChI is InChI=1S/C24H22ClIN7O2P.C2H6.CH4/c1-32-14-27-23(31-32)16-9-6-10-17(22(16)34-2)28-18-11-19(25)29-24-21(18)30-20(33(24)36-26)13-35-12-15-7-4-3-5-8-15;1-2;/h3-11,14,36H,12-13H2,1-2H3,(H,28,29);1-2H3;1H4. The number of nitrogens with zero attached hydrogens (tertiary/aromatic N) is 6. The van der Waals surface area contributed by atoms with Gasteiger partial charge in [-0.1, -0.05) is 69.3 Å². The normalized spacial score (nSPS) is 10.8. The van der Waals surface area contributed by atoms with Crippen molar-refractivity contribution in [2.24, 2.45) is 7.05 Å². The largest absolute Gasteiger partial charge is 0.494 e. The lowest BCUT2D eigenvalue weighted by molar-refractivity contribution is 0.102. The minimum atomic E-state index is 0. The Bertz CT molecular complexity index is 1510. The minimum Gasteiger partial charge on any atom is -0.494 e. The van der Waals surface area contributed by atoms with Crippen LogP contribution in [0.1, 0.15) is 32.7 Å². The van der Waals surface area contributed by atoms with E-state index < -0.39 is 0 Å². The summed E-state index contributed by atoms with van der Waals surface area (Å²) in [6, 6.07) is 17.6. The molecule has 3 heterocycles. The van der Waals surface area contributed by atoms with E-state index in [1.165, 1.54) is 0 Å². The van der Waals surface area contributed by atoms with Crippen molar-refractivity contribution < 1.29 is 9.47 Å². The van der Waals surface area contributed by atoms with Crippen molar-refractivity contribution in [3.63, 3.8) is 0 Å². The number of hydrogen-bond acceptors (Lipinski definition) is 7. The molecule has 1 N–H and O–H groups in total. The van der Waals surface area contributed by atoms with Gasteiger partial charge in [-0.05, 0) is 39.7 Å². The number of rotatable bonds is 9. The van der Waals surface area contributed by atoms with Gasteiger partial charge in [0, 0.05) is 13.1 Å². The number of anilines is 2.